The van der Waals surface area contributed by atoms with Gasteiger partial charge in [0.2, 0.25) is 15.9 Å². The van der Waals surface area contributed by atoms with Gasteiger partial charge in [0.1, 0.15) is 6.04 Å². The Labute approximate surface area is 155 Å². The molecule has 4 rings (SSSR count). The first kappa shape index (κ1) is 17.9. The van der Waals surface area contributed by atoms with Crippen LogP contribution in [0.15, 0.2) is 35.2 Å². The van der Waals surface area contributed by atoms with Crippen LogP contribution in [0.25, 0.3) is 0 Å². The first-order valence-corrected chi connectivity index (χ1v) is 11.1. The third kappa shape index (κ3) is 3.66. The molecule has 2 heterocycles. The molecule has 1 aromatic carbocycles. The van der Waals surface area contributed by atoms with Gasteiger partial charge in [-0.1, -0.05) is 18.2 Å². The van der Waals surface area contributed by atoms with Crippen LogP contribution in [-0.4, -0.2) is 61.8 Å². The fraction of sp³-hybridized carbons (Fsp3) is 0.632. The third-order valence-electron chi connectivity index (χ3n) is 5.80. The van der Waals surface area contributed by atoms with Gasteiger partial charge in [-0.3, -0.25) is 4.79 Å². The highest BCUT2D eigenvalue weighted by Gasteiger charge is 2.40. The molecule has 26 heavy (non-hydrogen) atoms. The van der Waals surface area contributed by atoms with E-state index >= 15 is 0 Å². The van der Waals surface area contributed by atoms with Gasteiger partial charge in [0.15, 0.2) is 0 Å². The van der Waals surface area contributed by atoms with Crippen molar-refractivity contribution < 1.29 is 13.2 Å². The van der Waals surface area contributed by atoms with E-state index in [1.165, 1.54) is 17.1 Å². The van der Waals surface area contributed by atoms with E-state index in [2.05, 4.69) is 10.2 Å². The van der Waals surface area contributed by atoms with Crippen LogP contribution in [0.4, 0.5) is 0 Å². The highest BCUT2D eigenvalue weighted by atomic mass is 32.2. The van der Waals surface area contributed by atoms with Crippen molar-refractivity contribution in [3.05, 3.63) is 30.3 Å². The first-order chi connectivity index (χ1) is 12.6. The minimum absolute atomic E-state index is 0.146. The maximum Gasteiger partial charge on any atom is 0.243 e. The minimum atomic E-state index is -3.62. The van der Waals surface area contributed by atoms with E-state index in [0.717, 1.165) is 32.0 Å². The summed E-state index contributed by atoms with van der Waals surface area (Å²) in [5, 5.41) is 3.03. The molecule has 3 aliphatic rings. The predicted molar refractivity (Wildman–Crippen MR) is 99.1 cm³/mol. The number of nitrogens with zero attached hydrogens (tertiary/aromatic N) is 2. The Morgan fingerprint density at radius 1 is 1.08 bits per heavy atom. The molecule has 2 unspecified atom stereocenters. The van der Waals surface area contributed by atoms with Crippen LogP contribution >= 0.6 is 0 Å². The smallest absolute Gasteiger partial charge is 0.243 e. The summed E-state index contributed by atoms with van der Waals surface area (Å²) in [6.07, 6.45) is 5.06. The molecule has 1 aliphatic carbocycles. The Morgan fingerprint density at radius 2 is 1.85 bits per heavy atom. The normalized spacial score (nSPS) is 27.7. The number of benzene rings is 1. The van der Waals surface area contributed by atoms with Crippen molar-refractivity contribution in [3.63, 3.8) is 0 Å². The van der Waals surface area contributed by atoms with Crippen molar-refractivity contribution in [2.24, 2.45) is 5.92 Å². The molecule has 0 spiro atoms. The minimum Gasteiger partial charge on any atom is -0.354 e. The number of nitrogens with one attached hydrogen (secondary N) is 1. The van der Waals surface area contributed by atoms with Crippen molar-refractivity contribution >= 4 is 15.9 Å². The second kappa shape index (κ2) is 7.29. The van der Waals surface area contributed by atoms with Crippen molar-refractivity contribution in [1.82, 2.24) is 14.5 Å². The Balaban J connectivity index is 1.36. The lowest BCUT2D eigenvalue weighted by Crippen LogP contribution is -2.47. The molecule has 0 radical (unpaired) electrons. The van der Waals surface area contributed by atoms with Gasteiger partial charge < -0.3 is 10.2 Å². The Bertz CT molecular complexity index is 749. The summed E-state index contributed by atoms with van der Waals surface area (Å²) >= 11 is 0. The van der Waals surface area contributed by atoms with Crippen molar-refractivity contribution in [2.75, 3.05) is 26.2 Å². The lowest BCUT2D eigenvalue weighted by atomic mass is 10.1. The molecule has 0 aromatic heterocycles. The zero-order chi connectivity index (χ0) is 18.1. The zero-order valence-electron chi connectivity index (χ0n) is 15.0. The van der Waals surface area contributed by atoms with E-state index in [4.69, 9.17) is 0 Å². The standard InChI is InChI=1S/C19H27N3O3S/c23-19(20-13-15-10-12-21(14-15)16-8-9-16)18-7-4-11-22(18)26(24,25)17-5-2-1-3-6-17/h1-3,5-6,15-16,18H,4,7-14H2,(H,20,23). The van der Waals surface area contributed by atoms with Crippen LogP contribution in [0.2, 0.25) is 0 Å². The summed E-state index contributed by atoms with van der Waals surface area (Å²) < 4.78 is 27.1. The summed E-state index contributed by atoms with van der Waals surface area (Å²) in [7, 11) is -3.62. The van der Waals surface area contributed by atoms with Gasteiger partial charge in [0.05, 0.1) is 4.90 Å². The molecular formula is C19H27N3O3S. The number of carbonyl (C=O) groups is 1. The van der Waals surface area contributed by atoms with E-state index in [1.54, 1.807) is 30.3 Å². The van der Waals surface area contributed by atoms with Crippen LogP contribution in [0.1, 0.15) is 32.1 Å². The van der Waals surface area contributed by atoms with E-state index in [-0.39, 0.29) is 10.8 Å². The van der Waals surface area contributed by atoms with Gasteiger partial charge in [0, 0.05) is 25.7 Å². The summed E-state index contributed by atoms with van der Waals surface area (Å²) in [5.74, 6) is 0.340. The zero-order valence-corrected chi connectivity index (χ0v) is 15.8. The van der Waals surface area contributed by atoms with Gasteiger partial charge in [-0.15, -0.1) is 0 Å². The maximum atomic E-state index is 12.9. The molecule has 2 saturated heterocycles. The van der Waals surface area contributed by atoms with E-state index in [0.29, 0.717) is 25.4 Å². The molecule has 142 valence electrons. The molecule has 1 aromatic rings. The molecule has 1 saturated carbocycles. The van der Waals surface area contributed by atoms with Crippen molar-refractivity contribution in [2.45, 2.75) is 49.1 Å². The molecule has 6 nitrogen and oxygen atoms in total. The highest BCUT2D eigenvalue weighted by molar-refractivity contribution is 7.89. The summed E-state index contributed by atoms with van der Waals surface area (Å²) in [5.41, 5.74) is 0. The van der Waals surface area contributed by atoms with E-state index in [9.17, 15) is 13.2 Å². The van der Waals surface area contributed by atoms with Crippen molar-refractivity contribution in [1.29, 1.82) is 0 Å². The van der Waals surface area contributed by atoms with Crippen LogP contribution in [-0.2, 0) is 14.8 Å². The molecule has 0 bridgehead atoms. The van der Waals surface area contributed by atoms with E-state index < -0.39 is 16.1 Å². The van der Waals surface area contributed by atoms with E-state index in [1.807, 2.05) is 0 Å². The summed E-state index contributed by atoms with van der Waals surface area (Å²) in [6, 6.07) is 8.59. The number of carbonyl (C=O) groups excluding carboxylic acids is 1. The maximum absolute atomic E-state index is 12.9. The lowest BCUT2D eigenvalue weighted by molar-refractivity contribution is -0.124. The second-order valence-corrected chi connectivity index (χ2v) is 9.60. The lowest BCUT2D eigenvalue weighted by Gasteiger charge is -2.24. The SMILES string of the molecule is O=C(NCC1CCN(C2CC2)C1)C1CCCN1S(=O)(=O)c1ccccc1. The number of sulfonamides is 1. The Morgan fingerprint density at radius 3 is 2.58 bits per heavy atom. The van der Waals surface area contributed by atoms with Gasteiger partial charge in [0.25, 0.3) is 0 Å². The Kier molecular flexibility index (Phi) is 5.03. The molecule has 3 fully saturated rings. The van der Waals surface area contributed by atoms with Crippen LogP contribution in [0, 0.1) is 5.92 Å². The number of amides is 1. The van der Waals surface area contributed by atoms with Gasteiger partial charge in [-0.05, 0) is 56.7 Å². The van der Waals surface area contributed by atoms with Crippen LogP contribution in [0.3, 0.4) is 0 Å². The van der Waals surface area contributed by atoms with Gasteiger partial charge >= 0.3 is 0 Å². The molecular weight excluding hydrogens is 350 g/mol. The molecule has 2 atom stereocenters. The average Bonchev–Trinajstić information content (AvgIpc) is 3.19. The quantitative estimate of drug-likeness (QED) is 0.814. The number of rotatable bonds is 6. The average molecular weight is 378 g/mol. The van der Waals surface area contributed by atoms with Gasteiger partial charge in [-0.2, -0.15) is 4.31 Å². The topological polar surface area (TPSA) is 69.7 Å². The summed E-state index contributed by atoms with van der Waals surface area (Å²) in [4.78, 5) is 15.5. The third-order valence-corrected chi connectivity index (χ3v) is 7.72. The molecule has 2 aliphatic heterocycles. The molecule has 1 N–H and O–H groups in total. The summed E-state index contributed by atoms with van der Waals surface area (Å²) in [6.45, 7) is 3.25. The number of hydrogen-bond acceptors (Lipinski definition) is 4. The highest BCUT2D eigenvalue weighted by Crippen LogP contribution is 2.31. The predicted octanol–water partition coefficient (Wildman–Crippen LogP) is 1.44. The molecule has 7 heteroatoms. The monoisotopic (exact) mass is 377 g/mol. The molecule has 1 amide bonds. The number of likely N-dealkylation sites (tertiary alicyclic amines) is 1. The number of hydrogen-bond donors (Lipinski definition) is 1. The largest absolute Gasteiger partial charge is 0.354 e. The van der Waals surface area contributed by atoms with Gasteiger partial charge in [-0.25, -0.2) is 8.42 Å². The second-order valence-electron chi connectivity index (χ2n) is 7.71. The fourth-order valence-electron chi connectivity index (χ4n) is 4.18. The Hall–Kier alpha value is -1.44. The fourth-order valence-corrected chi connectivity index (χ4v) is 5.86. The van der Waals surface area contributed by atoms with Crippen LogP contribution in [0.5, 0.6) is 0 Å². The van der Waals surface area contributed by atoms with Crippen LogP contribution < -0.4 is 5.32 Å². The van der Waals surface area contributed by atoms with Crippen molar-refractivity contribution in [3.8, 4) is 0 Å². The first-order valence-electron chi connectivity index (χ1n) is 9.64.